The van der Waals surface area contributed by atoms with E-state index in [9.17, 15) is 0 Å². The number of benzene rings is 1. The number of H-pyrrole nitrogens is 1. The van der Waals surface area contributed by atoms with Crippen molar-refractivity contribution in [2.45, 2.75) is 13.8 Å². The number of rotatable bonds is 1. The van der Waals surface area contributed by atoms with Gasteiger partial charge >= 0.3 is 0 Å². The Morgan fingerprint density at radius 1 is 1.27 bits per heavy atom. The van der Waals surface area contributed by atoms with Crippen LogP contribution < -0.4 is 0 Å². The van der Waals surface area contributed by atoms with Gasteiger partial charge in [0.05, 0.1) is 0 Å². The van der Waals surface area contributed by atoms with E-state index in [0.29, 0.717) is 0 Å². The Morgan fingerprint density at radius 3 is 2.33 bits per heavy atom. The maximum absolute atomic E-state index is 5.18. The molecule has 0 amide bonds. The molecule has 2 rings (SSSR count). The number of aromatic amines is 1. The number of halogens is 1. The third kappa shape index (κ3) is 1.92. The Hall–Kier alpha value is -0.870. The van der Waals surface area contributed by atoms with Crippen LogP contribution in [0.25, 0.3) is 5.69 Å². The summed E-state index contributed by atoms with van der Waals surface area (Å²) in [5.41, 5.74) is 3.53. The number of imidazole rings is 1. The Kier molecular flexibility index (Phi) is 2.80. The van der Waals surface area contributed by atoms with Gasteiger partial charge in [-0.2, -0.15) is 0 Å². The fraction of sp³-hybridized carbons (Fsp3) is 0.182. The van der Waals surface area contributed by atoms with Gasteiger partial charge in [0.15, 0.2) is 4.77 Å². The molecule has 2 nitrogen and oxygen atoms in total. The lowest BCUT2D eigenvalue weighted by atomic mass is 10.1. The topological polar surface area (TPSA) is 20.7 Å². The quantitative estimate of drug-likeness (QED) is 0.787. The number of nitrogens with zero attached hydrogens (tertiary/aromatic N) is 1. The molecule has 0 bridgehead atoms. The highest BCUT2D eigenvalue weighted by Gasteiger charge is 2.04. The van der Waals surface area contributed by atoms with Crippen molar-refractivity contribution in [3.05, 3.63) is 44.9 Å². The Labute approximate surface area is 102 Å². The van der Waals surface area contributed by atoms with Crippen LogP contribution in [-0.2, 0) is 0 Å². The standard InChI is InChI=1S/C11H11BrN2S/c1-7-5-9(6-8(2)10(7)12)14-4-3-13-11(14)15/h3-6H,1-2H3,(H,13,15). The van der Waals surface area contributed by atoms with E-state index in [2.05, 4.69) is 46.9 Å². The maximum Gasteiger partial charge on any atom is 0.181 e. The third-order valence-corrected chi connectivity index (χ3v) is 3.91. The molecule has 0 radical (unpaired) electrons. The molecule has 0 fully saturated rings. The fourth-order valence-electron chi connectivity index (χ4n) is 1.59. The summed E-state index contributed by atoms with van der Waals surface area (Å²) >= 11 is 8.73. The van der Waals surface area contributed by atoms with Crippen molar-refractivity contribution in [3.8, 4) is 5.69 Å². The number of aromatic nitrogens is 2. The minimum atomic E-state index is 0.719. The number of hydrogen-bond acceptors (Lipinski definition) is 1. The van der Waals surface area contributed by atoms with Crippen LogP contribution in [0.5, 0.6) is 0 Å². The van der Waals surface area contributed by atoms with Crippen molar-refractivity contribution in [2.24, 2.45) is 0 Å². The summed E-state index contributed by atoms with van der Waals surface area (Å²) in [4.78, 5) is 2.99. The molecule has 0 aliphatic carbocycles. The van der Waals surface area contributed by atoms with Gasteiger partial charge < -0.3 is 4.98 Å². The van der Waals surface area contributed by atoms with Crippen molar-refractivity contribution in [1.29, 1.82) is 0 Å². The number of hydrogen-bond donors (Lipinski definition) is 1. The largest absolute Gasteiger partial charge is 0.337 e. The van der Waals surface area contributed by atoms with Gasteiger partial charge in [0.1, 0.15) is 0 Å². The van der Waals surface area contributed by atoms with Gasteiger partial charge in [-0.1, -0.05) is 15.9 Å². The summed E-state index contributed by atoms with van der Waals surface area (Å²) < 4.78 is 3.84. The summed E-state index contributed by atoms with van der Waals surface area (Å²) in [7, 11) is 0. The smallest absolute Gasteiger partial charge is 0.181 e. The SMILES string of the molecule is Cc1cc(-n2cc[nH]c2=S)cc(C)c1Br. The molecule has 2 aromatic rings. The average Bonchev–Trinajstić information content (AvgIpc) is 2.60. The number of nitrogens with one attached hydrogen (secondary N) is 1. The minimum absolute atomic E-state index is 0.719. The Balaban J connectivity index is 2.66. The van der Waals surface area contributed by atoms with Crippen LogP contribution in [-0.4, -0.2) is 9.55 Å². The van der Waals surface area contributed by atoms with E-state index in [4.69, 9.17) is 12.2 Å². The highest BCUT2D eigenvalue weighted by Crippen LogP contribution is 2.24. The maximum atomic E-state index is 5.18. The van der Waals surface area contributed by atoms with Crippen molar-refractivity contribution in [2.75, 3.05) is 0 Å². The molecule has 0 saturated heterocycles. The van der Waals surface area contributed by atoms with Crippen molar-refractivity contribution in [3.63, 3.8) is 0 Å². The van der Waals surface area contributed by atoms with Crippen molar-refractivity contribution < 1.29 is 0 Å². The monoisotopic (exact) mass is 282 g/mol. The predicted octanol–water partition coefficient (Wildman–Crippen LogP) is 3.91. The summed E-state index contributed by atoms with van der Waals surface area (Å²) in [6, 6.07) is 4.22. The van der Waals surface area contributed by atoms with E-state index in [1.165, 1.54) is 11.1 Å². The highest BCUT2D eigenvalue weighted by atomic mass is 79.9. The molecule has 4 heteroatoms. The number of aryl methyl sites for hydroxylation is 2. The highest BCUT2D eigenvalue weighted by molar-refractivity contribution is 9.10. The molecule has 1 heterocycles. The lowest BCUT2D eigenvalue weighted by molar-refractivity contribution is 1.02. The zero-order chi connectivity index (χ0) is 11.0. The second-order valence-corrected chi connectivity index (χ2v) is 4.71. The van der Waals surface area contributed by atoms with E-state index in [-0.39, 0.29) is 0 Å². The van der Waals surface area contributed by atoms with E-state index >= 15 is 0 Å². The molecule has 0 aliphatic heterocycles. The molecule has 0 atom stereocenters. The predicted molar refractivity (Wildman–Crippen MR) is 68.1 cm³/mol. The fourth-order valence-corrected chi connectivity index (χ4v) is 2.05. The molecule has 15 heavy (non-hydrogen) atoms. The van der Waals surface area contributed by atoms with Crippen LogP contribution in [0.4, 0.5) is 0 Å². The molecule has 78 valence electrons. The summed E-state index contributed by atoms with van der Waals surface area (Å²) in [5.74, 6) is 0. The average molecular weight is 283 g/mol. The van der Waals surface area contributed by atoms with E-state index in [1.54, 1.807) is 0 Å². The van der Waals surface area contributed by atoms with E-state index < -0.39 is 0 Å². The van der Waals surface area contributed by atoms with Gasteiger partial charge in [0.25, 0.3) is 0 Å². The van der Waals surface area contributed by atoms with Crippen LogP contribution >= 0.6 is 28.1 Å². The zero-order valence-corrected chi connectivity index (χ0v) is 10.9. The molecule has 0 unspecified atom stereocenters. The molecule has 1 aromatic heterocycles. The van der Waals surface area contributed by atoms with Gasteiger partial charge in [-0.15, -0.1) is 0 Å². The lowest BCUT2D eigenvalue weighted by Crippen LogP contribution is -1.94. The third-order valence-electron chi connectivity index (χ3n) is 2.35. The summed E-state index contributed by atoms with van der Waals surface area (Å²) in [6.45, 7) is 4.16. The molecule has 1 aromatic carbocycles. The molecular weight excluding hydrogens is 272 g/mol. The van der Waals surface area contributed by atoms with Gasteiger partial charge in [-0.3, -0.25) is 4.57 Å². The Bertz CT molecular complexity index is 531. The minimum Gasteiger partial charge on any atom is -0.337 e. The first-order chi connectivity index (χ1) is 7.09. The van der Waals surface area contributed by atoms with Crippen LogP contribution in [0.3, 0.4) is 0 Å². The first-order valence-electron chi connectivity index (χ1n) is 4.63. The second-order valence-electron chi connectivity index (χ2n) is 3.53. The normalized spacial score (nSPS) is 10.6. The van der Waals surface area contributed by atoms with Gasteiger partial charge in [-0.25, -0.2) is 0 Å². The first kappa shape index (κ1) is 10.6. The molecular formula is C11H11BrN2S. The van der Waals surface area contributed by atoms with Crippen molar-refractivity contribution in [1.82, 2.24) is 9.55 Å². The summed E-state index contributed by atoms with van der Waals surface area (Å²) in [5, 5.41) is 0. The lowest BCUT2D eigenvalue weighted by Gasteiger charge is -2.08. The van der Waals surface area contributed by atoms with Gasteiger partial charge in [0.2, 0.25) is 0 Å². The molecule has 0 aliphatic rings. The first-order valence-corrected chi connectivity index (χ1v) is 5.83. The van der Waals surface area contributed by atoms with E-state index in [1.807, 2.05) is 17.0 Å². The van der Waals surface area contributed by atoms with Gasteiger partial charge in [0, 0.05) is 22.6 Å². The molecule has 0 spiro atoms. The van der Waals surface area contributed by atoms with Crippen LogP contribution in [0, 0.1) is 18.6 Å². The van der Waals surface area contributed by atoms with Gasteiger partial charge in [-0.05, 0) is 49.3 Å². The molecule has 0 saturated carbocycles. The van der Waals surface area contributed by atoms with Crippen molar-refractivity contribution >= 4 is 28.1 Å². The second kappa shape index (κ2) is 3.94. The van der Waals surface area contributed by atoms with Crippen LogP contribution in [0.1, 0.15) is 11.1 Å². The zero-order valence-electron chi connectivity index (χ0n) is 8.54. The van der Waals surface area contributed by atoms with Crippen LogP contribution in [0.15, 0.2) is 29.0 Å². The van der Waals surface area contributed by atoms with Crippen LogP contribution in [0.2, 0.25) is 0 Å². The summed E-state index contributed by atoms with van der Waals surface area (Å²) in [6.07, 6.45) is 3.78. The van der Waals surface area contributed by atoms with E-state index in [0.717, 1.165) is 14.9 Å². The Morgan fingerprint density at radius 2 is 1.87 bits per heavy atom. The molecule has 1 N–H and O–H groups in total.